The van der Waals surface area contributed by atoms with Gasteiger partial charge in [0, 0.05) is 12.6 Å². The highest BCUT2D eigenvalue weighted by Gasteiger charge is 2.23. The van der Waals surface area contributed by atoms with Crippen molar-refractivity contribution in [2.75, 3.05) is 37.9 Å². The monoisotopic (exact) mass is 279 g/mol. The predicted octanol–water partition coefficient (Wildman–Crippen LogP) is -0.267. The molecule has 6 nitrogen and oxygen atoms in total. The van der Waals surface area contributed by atoms with E-state index in [4.69, 9.17) is 9.47 Å². The van der Waals surface area contributed by atoms with E-state index < -0.39 is 9.84 Å². The standard InChI is InChI=1S/C11H21NO5S/c1-2-17-11(13)8-16-6-5-12-10-4-3-7-18(14,15)9-10/h10,12H,2-9H2,1H3. The van der Waals surface area contributed by atoms with E-state index in [-0.39, 0.29) is 24.4 Å². The molecule has 0 aliphatic carbocycles. The van der Waals surface area contributed by atoms with Crippen LogP contribution in [0.3, 0.4) is 0 Å². The van der Waals surface area contributed by atoms with Crippen LogP contribution >= 0.6 is 0 Å². The summed E-state index contributed by atoms with van der Waals surface area (Å²) >= 11 is 0. The van der Waals surface area contributed by atoms with Gasteiger partial charge in [0.1, 0.15) is 6.61 Å². The Morgan fingerprint density at radius 3 is 2.89 bits per heavy atom. The van der Waals surface area contributed by atoms with Gasteiger partial charge in [0.25, 0.3) is 0 Å². The molecule has 0 spiro atoms. The van der Waals surface area contributed by atoms with Gasteiger partial charge in [-0.15, -0.1) is 0 Å². The van der Waals surface area contributed by atoms with Crippen molar-refractivity contribution in [1.29, 1.82) is 0 Å². The Morgan fingerprint density at radius 1 is 1.44 bits per heavy atom. The Labute approximate surface area is 108 Å². The first-order valence-electron chi connectivity index (χ1n) is 6.20. The van der Waals surface area contributed by atoms with Gasteiger partial charge in [-0.3, -0.25) is 0 Å². The zero-order valence-electron chi connectivity index (χ0n) is 10.7. The van der Waals surface area contributed by atoms with Gasteiger partial charge < -0.3 is 14.8 Å². The van der Waals surface area contributed by atoms with Crippen LogP contribution in [0.15, 0.2) is 0 Å². The van der Waals surface area contributed by atoms with Crippen molar-refractivity contribution >= 4 is 15.8 Å². The number of nitrogens with one attached hydrogen (secondary N) is 1. The molecule has 1 aliphatic rings. The number of esters is 1. The summed E-state index contributed by atoms with van der Waals surface area (Å²) in [5, 5.41) is 3.13. The zero-order chi connectivity index (χ0) is 13.4. The van der Waals surface area contributed by atoms with Gasteiger partial charge in [-0.25, -0.2) is 13.2 Å². The van der Waals surface area contributed by atoms with E-state index in [1.165, 1.54) is 0 Å². The Hall–Kier alpha value is -0.660. The fourth-order valence-electron chi connectivity index (χ4n) is 1.88. The minimum absolute atomic E-state index is 0.00921. The number of rotatable bonds is 7. The fraction of sp³-hybridized carbons (Fsp3) is 0.909. The molecule has 1 atom stereocenters. The Morgan fingerprint density at radius 2 is 2.22 bits per heavy atom. The number of hydrogen-bond acceptors (Lipinski definition) is 6. The average Bonchev–Trinajstić information content (AvgIpc) is 2.27. The molecule has 18 heavy (non-hydrogen) atoms. The van der Waals surface area contributed by atoms with Crippen molar-refractivity contribution in [3.8, 4) is 0 Å². The summed E-state index contributed by atoms with van der Waals surface area (Å²) in [5.74, 6) is 0.118. The van der Waals surface area contributed by atoms with E-state index in [1.54, 1.807) is 6.92 Å². The highest BCUT2D eigenvalue weighted by atomic mass is 32.2. The molecule has 0 radical (unpaired) electrons. The van der Waals surface area contributed by atoms with Crippen LogP contribution in [0.25, 0.3) is 0 Å². The molecule has 1 aliphatic heterocycles. The van der Waals surface area contributed by atoms with Gasteiger partial charge in [0.05, 0.1) is 24.7 Å². The molecule has 1 rings (SSSR count). The first-order valence-corrected chi connectivity index (χ1v) is 8.03. The largest absolute Gasteiger partial charge is 0.464 e. The molecule has 1 heterocycles. The van der Waals surface area contributed by atoms with Gasteiger partial charge in [0.2, 0.25) is 0 Å². The summed E-state index contributed by atoms with van der Waals surface area (Å²) in [7, 11) is -2.87. The quantitative estimate of drug-likeness (QED) is 0.510. The molecule has 1 fully saturated rings. The molecule has 0 aromatic rings. The van der Waals surface area contributed by atoms with E-state index >= 15 is 0 Å². The third-order valence-electron chi connectivity index (χ3n) is 2.67. The summed E-state index contributed by atoms with van der Waals surface area (Å²) in [5.41, 5.74) is 0. The first kappa shape index (κ1) is 15.4. The second kappa shape index (κ2) is 7.70. The van der Waals surface area contributed by atoms with Gasteiger partial charge in [-0.05, 0) is 19.8 Å². The lowest BCUT2D eigenvalue weighted by Gasteiger charge is -2.22. The second-order valence-corrected chi connectivity index (χ2v) is 6.49. The number of sulfone groups is 1. The molecular weight excluding hydrogens is 258 g/mol. The Balaban J connectivity index is 2.06. The van der Waals surface area contributed by atoms with Crippen LogP contribution in [-0.4, -0.2) is 58.3 Å². The lowest BCUT2D eigenvalue weighted by Crippen LogP contribution is -2.41. The molecule has 1 saturated heterocycles. The van der Waals surface area contributed by atoms with Gasteiger partial charge in [-0.2, -0.15) is 0 Å². The summed E-state index contributed by atoms with van der Waals surface area (Å²) < 4.78 is 32.6. The molecule has 7 heteroatoms. The summed E-state index contributed by atoms with van der Waals surface area (Å²) in [6.07, 6.45) is 1.58. The van der Waals surface area contributed by atoms with Crippen molar-refractivity contribution in [3.05, 3.63) is 0 Å². The average molecular weight is 279 g/mol. The van der Waals surface area contributed by atoms with Gasteiger partial charge in [0.15, 0.2) is 9.84 Å². The molecule has 0 amide bonds. The topological polar surface area (TPSA) is 81.7 Å². The van der Waals surface area contributed by atoms with Crippen molar-refractivity contribution in [2.24, 2.45) is 0 Å². The maximum absolute atomic E-state index is 11.4. The first-order chi connectivity index (χ1) is 8.53. The summed E-state index contributed by atoms with van der Waals surface area (Å²) in [4.78, 5) is 10.9. The van der Waals surface area contributed by atoms with Crippen LogP contribution in [0.5, 0.6) is 0 Å². The number of hydrogen-bond donors (Lipinski definition) is 1. The molecule has 0 aromatic heterocycles. The minimum Gasteiger partial charge on any atom is -0.464 e. The van der Waals surface area contributed by atoms with E-state index in [1.807, 2.05) is 0 Å². The van der Waals surface area contributed by atoms with Gasteiger partial charge >= 0.3 is 5.97 Å². The summed E-state index contributed by atoms with van der Waals surface area (Å²) in [6.45, 7) is 2.94. The lowest BCUT2D eigenvalue weighted by atomic mass is 10.2. The molecule has 0 aromatic carbocycles. The zero-order valence-corrected chi connectivity index (χ0v) is 11.5. The number of carbonyl (C=O) groups excluding carboxylic acids is 1. The molecule has 106 valence electrons. The fourth-order valence-corrected chi connectivity index (χ4v) is 3.55. The minimum atomic E-state index is -2.87. The lowest BCUT2D eigenvalue weighted by molar-refractivity contribution is -0.148. The normalized spacial score (nSPS) is 22.6. The maximum Gasteiger partial charge on any atom is 0.332 e. The smallest absolute Gasteiger partial charge is 0.332 e. The highest BCUT2D eigenvalue weighted by Crippen LogP contribution is 2.11. The van der Waals surface area contributed by atoms with Gasteiger partial charge in [-0.1, -0.05) is 0 Å². The van der Waals surface area contributed by atoms with Crippen LogP contribution < -0.4 is 5.32 Å². The van der Waals surface area contributed by atoms with E-state index in [0.717, 1.165) is 6.42 Å². The molecular formula is C11H21NO5S. The van der Waals surface area contributed by atoms with Crippen molar-refractivity contribution in [2.45, 2.75) is 25.8 Å². The summed E-state index contributed by atoms with van der Waals surface area (Å²) in [6, 6.07) is 0.00921. The second-order valence-electron chi connectivity index (χ2n) is 4.27. The van der Waals surface area contributed by atoms with Crippen molar-refractivity contribution in [1.82, 2.24) is 5.32 Å². The Bertz CT molecular complexity index is 354. The maximum atomic E-state index is 11.4. The van der Waals surface area contributed by atoms with E-state index in [2.05, 4.69) is 5.32 Å². The van der Waals surface area contributed by atoms with Crippen molar-refractivity contribution in [3.63, 3.8) is 0 Å². The number of carbonyl (C=O) groups is 1. The third-order valence-corrected chi connectivity index (χ3v) is 4.49. The Kier molecular flexibility index (Phi) is 6.59. The molecule has 0 saturated carbocycles. The van der Waals surface area contributed by atoms with Crippen LogP contribution in [0.1, 0.15) is 19.8 Å². The van der Waals surface area contributed by atoms with E-state index in [9.17, 15) is 13.2 Å². The molecule has 0 bridgehead atoms. The number of ether oxygens (including phenoxy) is 2. The highest BCUT2D eigenvalue weighted by molar-refractivity contribution is 7.91. The SMILES string of the molecule is CCOC(=O)COCCNC1CCCS(=O)(=O)C1. The van der Waals surface area contributed by atoms with Crippen LogP contribution in [0.4, 0.5) is 0 Å². The molecule has 1 N–H and O–H groups in total. The third kappa shape index (κ3) is 6.32. The van der Waals surface area contributed by atoms with Crippen LogP contribution in [-0.2, 0) is 24.1 Å². The van der Waals surface area contributed by atoms with Crippen LogP contribution in [0.2, 0.25) is 0 Å². The molecule has 1 unspecified atom stereocenters. The van der Waals surface area contributed by atoms with Crippen molar-refractivity contribution < 1.29 is 22.7 Å². The van der Waals surface area contributed by atoms with Crippen LogP contribution in [0, 0.1) is 0 Å². The predicted molar refractivity (Wildman–Crippen MR) is 67.1 cm³/mol. The van der Waals surface area contributed by atoms with E-state index in [0.29, 0.717) is 31.9 Å².